The average molecular weight is 594 g/mol. The first-order chi connectivity index (χ1) is 17.7. The zero-order chi connectivity index (χ0) is 26.5. The van der Waals surface area contributed by atoms with Crippen molar-refractivity contribution in [2.75, 3.05) is 23.4 Å². The van der Waals surface area contributed by atoms with Crippen molar-refractivity contribution < 1.29 is 19.1 Å². The molecule has 3 aromatic rings. The molecule has 0 spiro atoms. The highest BCUT2D eigenvalue weighted by atomic mass is 35.5. The number of benzene rings is 3. The molecule has 1 N–H and O–H groups in total. The highest BCUT2D eigenvalue weighted by Crippen LogP contribution is 2.39. The van der Waals surface area contributed by atoms with Crippen LogP contribution in [0.1, 0.15) is 12.5 Å². The fourth-order valence-corrected chi connectivity index (χ4v) is 5.16. The normalized spacial score (nSPS) is 14.3. The van der Waals surface area contributed by atoms with Crippen LogP contribution in [0.4, 0.5) is 11.4 Å². The Balaban J connectivity index is 1.48. The third kappa shape index (κ3) is 6.77. The van der Waals surface area contributed by atoms with E-state index < -0.39 is 0 Å². The lowest BCUT2D eigenvalue weighted by Gasteiger charge is -2.15. The number of amides is 2. The van der Waals surface area contributed by atoms with Gasteiger partial charge in [-0.3, -0.25) is 14.5 Å². The van der Waals surface area contributed by atoms with Gasteiger partial charge in [-0.1, -0.05) is 70.9 Å². The number of nitrogens with zero attached hydrogens (tertiary/aromatic N) is 1. The lowest BCUT2D eigenvalue weighted by molar-refractivity contribution is -0.118. The molecule has 1 heterocycles. The van der Waals surface area contributed by atoms with Crippen molar-refractivity contribution in [2.24, 2.45) is 0 Å². The number of nitrogens with one attached hydrogen (secondary N) is 1. The van der Waals surface area contributed by atoms with Crippen LogP contribution in [0, 0.1) is 0 Å². The van der Waals surface area contributed by atoms with Crippen LogP contribution in [-0.2, 0) is 9.59 Å². The smallest absolute Gasteiger partial charge is 0.270 e. The van der Waals surface area contributed by atoms with E-state index in [1.54, 1.807) is 66.7 Å². The van der Waals surface area contributed by atoms with E-state index in [0.717, 1.165) is 0 Å². The van der Waals surface area contributed by atoms with Crippen LogP contribution in [0.3, 0.4) is 0 Å². The van der Waals surface area contributed by atoms with Crippen molar-refractivity contribution >= 4 is 92.4 Å². The number of carbonyl (C=O) groups excluding carboxylic acids is 2. The largest absolute Gasteiger partial charge is 0.490 e. The molecule has 0 bridgehead atoms. The summed E-state index contributed by atoms with van der Waals surface area (Å²) in [6, 6.07) is 16.9. The van der Waals surface area contributed by atoms with E-state index in [1.807, 2.05) is 6.92 Å². The van der Waals surface area contributed by atoms with Gasteiger partial charge >= 0.3 is 0 Å². The number of thioether (sulfide) groups is 1. The van der Waals surface area contributed by atoms with Crippen molar-refractivity contribution in [3.05, 3.63) is 86.2 Å². The predicted octanol–water partition coefficient (Wildman–Crippen LogP) is 7.47. The maximum atomic E-state index is 13.1. The lowest BCUT2D eigenvalue weighted by atomic mass is 10.1. The number of anilines is 2. The summed E-state index contributed by atoms with van der Waals surface area (Å²) >= 11 is 24.7. The van der Waals surface area contributed by atoms with Crippen molar-refractivity contribution in [3.8, 4) is 11.5 Å². The molecule has 1 aliphatic rings. The molecule has 1 fully saturated rings. The number of rotatable bonds is 8. The van der Waals surface area contributed by atoms with E-state index >= 15 is 0 Å². The molecule has 0 unspecified atom stereocenters. The predicted molar refractivity (Wildman–Crippen MR) is 155 cm³/mol. The summed E-state index contributed by atoms with van der Waals surface area (Å²) in [4.78, 5) is 27.3. The third-order valence-electron chi connectivity index (χ3n) is 4.99. The van der Waals surface area contributed by atoms with Gasteiger partial charge in [0.25, 0.3) is 11.8 Å². The van der Waals surface area contributed by atoms with Gasteiger partial charge in [-0.2, -0.15) is 0 Å². The van der Waals surface area contributed by atoms with E-state index in [9.17, 15) is 9.59 Å². The molecule has 3 aromatic carbocycles. The molecular weight excluding hydrogens is 575 g/mol. The van der Waals surface area contributed by atoms with Crippen LogP contribution in [-0.4, -0.2) is 29.3 Å². The number of carbonyl (C=O) groups is 2. The number of ether oxygens (including phenoxy) is 2. The molecule has 1 saturated heterocycles. The van der Waals surface area contributed by atoms with Crippen LogP contribution in [0.25, 0.3) is 6.08 Å². The SMILES string of the molecule is CCOc1cc(/C=C2\SC(=S)N(c3ccc(Cl)c(Cl)c3)C2=O)ccc1OCC(=O)Nc1cccc(Cl)c1. The molecule has 0 radical (unpaired) electrons. The fourth-order valence-electron chi connectivity index (χ4n) is 3.37. The Morgan fingerprint density at radius 3 is 2.57 bits per heavy atom. The summed E-state index contributed by atoms with van der Waals surface area (Å²) in [5, 5.41) is 3.96. The van der Waals surface area contributed by atoms with Crippen molar-refractivity contribution in [1.82, 2.24) is 0 Å². The van der Waals surface area contributed by atoms with Gasteiger partial charge in [0.05, 0.1) is 27.2 Å². The van der Waals surface area contributed by atoms with Gasteiger partial charge in [0.15, 0.2) is 22.4 Å². The van der Waals surface area contributed by atoms with Crippen molar-refractivity contribution in [3.63, 3.8) is 0 Å². The molecule has 4 rings (SSSR count). The van der Waals surface area contributed by atoms with E-state index in [-0.39, 0.29) is 18.4 Å². The Labute approximate surface area is 238 Å². The first kappa shape index (κ1) is 27.3. The number of hydrogen-bond donors (Lipinski definition) is 1. The molecule has 0 aromatic heterocycles. The van der Waals surface area contributed by atoms with E-state index in [4.69, 9.17) is 56.5 Å². The molecular formula is C26H19Cl3N2O4S2. The van der Waals surface area contributed by atoms with Crippen LogP contribution in [0.15, 0.2) is 65.6 Å². The number of thiocarbonyl (C=S) groups is 1. The molecule has 190 valence electrons. The van der Waals surface area contributed by atoms with Gasteiger partial charge in [0.2, 0.25) is 0 Å². The van der Waals surface area contributed by atoms with Crippen LogP contribution >= 0.6 is 58.8 Å². The standard InChI is InChI=1S/C26H19Cl3N2O4S2/c1-2-34-22-10-15(6-9-21(22)35-14-24(32)30-17-5-3-4-16(27)12-17)11-23-25(33)31(26(36)37-23)18-7-8-19(28)20(29)13-18/h3-13H,2,14H2,1H3,(H,30,32)/b23-11-. The minimum atomic E-state index is -0.347. The minimum absolute atomic E-state index is 0.228. The second-order valence-electron chi connectivity index (χ2n) is 7.60. The van der Waals surface area contributed by atoms with Gasteiger partial charge in [0, 0.05) is 10.7 Å². The summed E-state index contributed by atoms with van der Waals surface area (Å²) in [6.07, 6.45) is 1.72. The zero-order valence-corrected chi connectivity index (χ0v) is 23.2. The van der Waals surface area contributed by atoms with E-state index in [0.29, 0.717) is 59.3 Å². The van der Waals surface area contributed by atoms with Crippen molar-refractivity contribution in [1.29, 1.82) is 0 Å². The van der Waals surface area contributed by atoms with E-state index in [1.165, 1.54) is 16.7 Å². The Kier molecular flexibility index (Phi) is 9.00. The molecule has 0 atom stereocenters. The Morgan fingerprint density at radius 1 is 1.03 bits per heavy atom. The van der Waals surface area contributed by atoms with E-state index in [2.05, 4.69) is 5.32 Å². The third-order valence-corrected chi connectivity index (χ3v) is 7.26. The highest BCUT2D eigenvalue weighted by molar-refractivity contribution is 8.27. The van der Waals surface area contributed by atoms with Gasteiger partial charge < -0.3 is 14.8 Å². The summed E-state index contributed by atoms with van der Waals surface area (Å²) in [5.74, 6) is 0.208. The molecule has 6 nitrogen and oxygen atoms in total. The van der Waals surface area contributed by atoms with Gasteiger partial charge in [-0.15, -0.1) is 0 Å². The summed E-state index contributed by atoms with van der Waals surface area (Å²) in [6.45, 7) is 1.99. The lowest BCUT2D eigenvalue weighted by Crippen LogP contribution is -2.27. The highest BCUT2D eigenvalue weighted by Gasteiger charge is 2.33. The number of hydrogen-bond acceptors (Lipinski definition) is 6. The molecule has 0 aliphatic carbocycles. The quantitative estimate of drug-likeness (QED) is 0.216. The summed E-state index contributed by atoms with van der Waals surface area (Å²) in [5.41, 5.74) is 1.81. The molecule has 0 saturated carbocycles. The van der Waals surface area contributed by atoms with Crippen LogP contribution < -0.4 is 19.7 Å². The van der Waals surface area contributed by atoms with Crippen LogP contribution in [0.5, 0.6) is 11.5 Å². The van der Waals surface area contributed by atoms with Gasteiger partial charge in [-0.05, 0) is 67.1 Å². The topological polar surface area (TPSA) is 67.9 Å². The second kappa shape index (κ2) is 12.2. The minimum Gasteiger partial charge on any atom is -0.490 e. The molecule has 1 aliphatic heterocycles. The second-order valence-corrected chi connectivity index (χ2v) is 10.5. The monoisotopic (exact) mass is 592 g/mol. The molecule has 11 heteroatoms. The van der Waals surface area contributed by atoms with Crippen molar-refractivity contribution in [2.45, 2.75) is 6.92 Å². The molecule has 37 heavy (non-hydrogen) atoms. The van der Waals surface area contributed by atoms with Gasteiger partial charge in [0.1, 0.15) is 0 Å². The Bertz CT molecular complexity index is 1410. The first-order valence-electron chi connectivity index (χ1n) is 10.9. The summed E-state index contributed by atoms with van der Waals surface area (Å²) in [7, 11) is 0. The maximum Gasteiger partial charge on any atom is 0.270 e. The average Bonchev–Trinajstić information content (AvgIpc) is 3.13. The summed E-state index contributed by atoms with van der Waals surface area (Å²) < 4.78 is 11.8. The first-order valence-corrected chi connectivity index (χ1v) is 13.3. The fraction of sp³-hybridized carbons (Fsp3) is 0.115. The Morgan fingerprint density at radius 2 is 1.84 bits per heavy atom. The van der Waals surface area contributed by atoms with Gasteiger partial charge in [-0.25, -0.2) is 0 Å². The molecule has 2 amide bonds. The number of halogens is 3. The van der Waals surface area contributed by atoms with Crippen LogP contribution in [0.2, 0.25) is 15.1 Å². The maximum absolute atomic E-state index is 13.1. The zero-order valence-electron chi connectivity index (χ0n) is 19.3. The Hall–Kier alpha value is -2.75.